The van der Waals surface area contributed by atoms with Crippen LogP contribution in [0.2, 0.25) is 0 Å². The van der Waals surface area contributed by atoms with Gasteiger partial charge in [0.1, 0.15) is 9.84 Å². The van der Waals surface area contributed by atoms with Gasteiger partial charge in [0.05, 0.1) is 5.75 Å². The Morgan fingerprint density at radius 3 is 2.47 bits per heavy atom. The molecule has 17 heavy (non-hydrogen) atoms. The van der Waals surface area contributed by atoms with Crippen LogP contribution < -0.4 is 5.73 Å². The average Bonchev–Trinajstić information content (AvgIpc) is 2.18. The Bertz CT molecular complexity index is 443. The second-order valence-electron chi connectivity index (χ2n) is 4.03. The van der Waals surface area contributed by atoms with E-state index in [0.29, 0.717) is 10.9 Å². The minimum Gasteiger partial charge on any atom is -0.328 e. The maximum atomic E-state index is 10.9. The van der Waals surface area contributed by atoms with Gasteiger partial charge in [0.15, 0.2) is 5.16 Å². The molecule has 7 heteroatoms. The van der Waals surface area contributed by atoms with Gasteiger partial charge in [-0.1, -0.05) is 11.8 Å². The number of rotatable bonds is 6. The van der Waals surface area contributed by atoms with E-state index in [9.17, 15) is 8.42 Å². The van der Waals surface area contributed by atoms with Gasteiger partial charge in [-0.25, -0.2) is 18.4 Å². The van der Waals surface area contributed by atoms with Gasteiger partial charge in [-0.05, 0) is 18.9 Å². The summed E-state index contributed by atoms with van der Waals surface area (Å²) in [6.45, 7) is 1.93. The van der Waals surface area contributed by atoms with Crippen molar-refractivity contribution in [2.75, 3.05) is 17.8 Å². The third kappa shape index (κ3) is 6.60. The van der Waals surface area contributed by atoms with Crippen molar-refractivity contribution in [3.63, 3.8) is 0 Å². The van der Waals surface area contributed by atoms with E-state index in [1.807, 2.05) is 6.92 Å². The lowest BCUT2D eigenvalue weighted by atomic mass is 10.1. The Morgan fingerprint density at radius 1 is 1.41 bits per heavy atom. The zero-order valence-electron chi connectivity index (χ0n) is 9.96. The van der Waals surface area contributed by atoms with E-state index in [2.05, 4.69) is 9.97 Å². The van der Waals surface area contributed by atoms with Gasteiger partial charge in [-0.15, -0.1) is 0 Å². The molecule has 0 amide bonds. The highest BCUT2D eigenvalue weighted by Gasteiger charge is 2.05. The Balaban J connectivity index is 2.46. The average molecular weight is 275 g/mol. The monoisotopic (exact) mass is 275 g/mol. The minimum absolute atomic E-state index is 0.0855. The second kappa shape index (κ2) is 6.32. The molecule has 1 aromatic heterocycles. The lowest BCUT2D eigenvalue weighted by Crippen LogP contribution is -2.18. The Hall–Kier alpha value is -0.660. The molecule has 1 unspecified atom stereocenters. The van der Waals surface area contributed by atoms with E-state index >= 15 is 0 Å². The van der Waals surface area contributed by atoms with Crippen LogP contribution in [0.3, 0.4) is 0 Å². The molecule has 1 rings (SSSR count). The number of hydrogen-bond donors (Lipinski definition) is 1. The van der Waals surface area contributed by atoms with Crippen molar-refractivity contribution < 1.29 is 8.42 Å². The van der Waals surface area contributed by atoms with Crippen molar-refractivity contribution in [3.05, 3.63) is 18.0 Å². The van der Waals surface area contributed by atoms with Gasteiger partial charge in [0.2, 0.25) is 0 Å². The zero-order chi connectivity index (χ0) is 12.9. The van der Waals surface area contributed by atoms with E-state index in [4.69, 9.17) is 5.73 Å². The molecule has 1 aromatic rings. The fourth-order valence-corrected chi connectivity index (χ4v) is 3.16. The molecule has 0 radical (unpaired) electrons. The highest BCUT2D eigenvalue weighted by molar-refractivity contribution is 8.00. The topological polar surface area (TPSA) is 85.9 Å². The van der Waals surface area contributed by atoms with E-state index in [-0.39, 0.29) is 11.8 Å². The molecule has 1 heterocycles. The first kappa shape index (κ1) is 14.4. The number of thioether (sulfide) groups is 1. The van der Waals surface area contributed by atoms with Crippen molar-refractivity contribution in [1.82, 2.24) is 9.97 Å². The van der Waals surface area contributed by atoms with Gasteiger partial charge in [0.25, 0.3) is 0 Å². The van der Waals surface area contributed by atoms with Crippen molar-refractivity contribution in [1.29, 1.82) is 0 Å². The van der Waals surface area contributed by atoms with E-state index in [0.717, 1.165) is 12.0 Å². The lowest BCUT2D eigenvalue weighted by molar-refractivity contribution is 0.603. The normalized spacial score (nSPS) is 13.6. The largest absolute Gasteiger partial charge is 0.328 e. The fraction of sp³-hybridized carbons (Fsp3) is 0.600. The van der Waals surface area contributed by atoms with Crippen LogP contribution in [0.5, 0.6) is 0 Å². The summed E-state index contributed by atoms with van der Waals surface area (Å²) in [6, 6.07) is 0.0855. The molecule has 0 aliphatic rings. The van der Waals surface area contributed by atoms with E-state index < -0.39 is 9.84 Å². The number of nitrogens with zero attached hydrogens (tertiary/aromatic N) is 2. The summed E-state index contributed by atoms with van der Waals surface area (Å²) in [7, 11) is -2.91. The molecule has 0 saturated heterocycles. The summed E-state index contributed by atoms with van der Waals surface area (Å²) in [5.41, 5.74) is 6.66. The second-order valence-corrected chi connectivity index (χ2v) is 7.36. The maximum Gasteiger partial charge on any atom is 0.187 e. The van der Waals surface area contributed by atoms with Gasteiger partial charge in [-0.2, -0.15) is 0 Å². The van der Waals surface area contributed by atoms with E-state index in [1.54, 1.807) is 12.4 Å². The summed E-state index contributed by atoms with van der Waals surface area (Å²) < 4.78 is 21.9. The van der Waals surface area contributed by atoms with Crippen molar-refractivity contribution >= 4 is 21.6 Å². The van der Waals surface area contributed by atoms with Crippen LogP contribution >= 0.6 is 11.8 Å². The quantitative estimate of drug-likeness (QED) is 0.601. The highest BCUT2D eigenvalue weighted by Crippen LogP contribution is 2.12. The molecule has 2 N–H and O–H groups in total. The van der Waals surface area contributed by atoms with Crippen LogP contribution in [0.1, 0.15) is 12.5 Å². The third-order valence-electron chi connectivity index (χ3n) is 1.92. The molecule has 0 aliphatic carbocycles. The molecule has 0 aliphatic heterocycles. The molecule has 0 spiro atoms. The lowest BCUT2D eigenvalue weighted by Gasteiger charge is -2.04. The van der Waals surface area contributed by atoms with Gasteiger partial charge < -0.3 is 5.73 Å². The molecular formula is C10H17N3O2S2. The molecule has 96 valence electrons. The number of aromatic nitrogens is 2. The first-order valence-electron chi connectivity index (χ1n) is 5.24. The van der Waals surface area contributed by atoms with Gasteiger partial charge in [-0.3, -0.25) is 0 Å². The Kier molecular flexibility index (Phi) is 5.35. The predicted molar refractivity (Wildman–Crippen MR) is 69.8 cm³/mol. The predicted octanol–water partition coefficient (Wildman–Crippen LogP) is 0.503. The Labute approximate surface area is 106 Å². The van der Waals surface area contributed by atoms with Gasteiger partial charge >= 0.3 is 0 Å². The molecule has 5 nitrogen and oxygen atoms in total. The zero-order valence-corrected chi connectivity index (χ0v) is 11.6. The molecule has 0 aromatic carbocycles. The van der Waals surface area contributed by atoms with Crippen LogP contribution in [-0.2, 0) is 16.3 Å². The SMILES string of the molecule is CC(N)Cc1cnc(SCCS(C)(=O)=O)nc1. The molecular weight excluding hydrogens is 258 g/mol. The van der Waals surface area contributed by atoms with Crippen LogP contribution in [0.25, 0.3) is 0 Å². The number of nitrogens with two attached hydrogens (primary N) is 1. The van der Waals surface area contributed by atoms with Crippen molar-refractivity contribution in [2.24, 2.45) is 5.73 Å². The molecule has 0 bridgehead atoms. The maximum absolute atomic E-state index is 10.9. The van der Waals surface area contributed by atoms with Crippen molar-refractivity contribution in [2.45, 2.75) is 24.5 Å². The number of sulfone groups is 1. The van der Waals surface area contributed by atoms with Crippen LogP contribution in [0.4, 0.5) is 0 Å². The smallest absolute Gasteiger partial charge is 0.187 e. The molecule has 0 fully saturated rings. The van der Waals surface area contributed by atoms with Crippen LogP contribution in [-0.4, -0.2) is 42.2 Å². The summed E-state index contributed by atoms with van der Waals surface area (Å²) in [6.07, 6.45) is 5.44. The van der Waals surface area contributed by atoms with E-state index in [1.165, 1.54) is 18.0 Å². The van der Waals surface area contributed by atoms with Gasteiger partial charge in [0, 0.05) is 30.4 Å². The minimum atomic E-state index is -2.91. The highest BCUT2D eigenvalue weighted by atomic mass is 32.2. The summed E-state index contributed by atoms with van der Waals surface area (Å²) >= 11 is 1.34. The Morgan fingerprint density at radius 2 is 2.00 bits per heavy atom. The van der Waals surface area contributed by atoms with Crippen molar-refractivity contribution in [3.8, 4) is 0 Å². The summed E-state index contributed by atoms with van der Waals surface area (Å²) in [5.74, 6) is 0.619. The first-order valence-corrected chi connectivity index (χ1v) is 8.28. The molecule has 0 saturated carbocycles. The van der Waals surface area contributed by atoms with Crippen LogP contribution in [0, 0.1) is 0 Å². The fourth-order valence-electron chi connectivity index (χ4n) is 1.18. The summed E-state index contributed by atoms with van der Waals surface area (Å²) in [4.78, 5) is 8.31. The first-order chi connectivity index (χ1) is 7.87. The van der Waals surface area contributed by atoms with Crippen LogP contribution in [0.15, 0.2) is 17.6 Å². The third-order valence-corrected chi connectivity index (χ3v) is 4.01. The standard InChI is InChI=1S/C10H17N3O2S2/c1-8(11)5-9-6-12-10(13-7-9)16-3-4-17(2,14)15/h6-8H,3-5,11H2,1-2H3. The number of hydrogen-bond acceptors (Lipinski definition) is 6. The summed E-state index contributed by atoms with van der Waals surface area (Å²) in [5, 5.41) is 0.599. The molecule has 1 atom stereocenters.